The Labute approximate surface area is 167 Å². The molecule has 0 bridgehead atoms. The number of nitrogens with zero attached hydrogens (tertiary/aromatic N) is 3. The second-order valence-corrected chi connectivity index (χ2v) is 9.56. The number of carbonyl (C=O) groups excluding carboxylic acids is 1. The standard InChI is InChI=1S/C21H33N3O2S/c1-16(2)22-12-7-18(8-13-22)26-20-14-17-6-11-24(15-19(17)27-20)21(25)23-9-4-3-5-10-23/h14,16,18H,3-13,15H2,1-2H3. The van der Waals surface area contributed by atoms with E-state index >= 15 is 0 Å². The van der Waals surface area contributed by atoms with Crippen LogP contribution in [0.15, 0.2) is 6.07 Å². The van der Waals surface area contributed by atoms with E-state index in [-0.39, 0.29) is 6.03 Å². The minimum Gasteiger partial charge on any atom is -0.481 e. The van der Waals surface area contributed by atoms with Crippen LogP contribution in [0, 0.1) is 0 Å². The molecule has 0 atom stereocenters. The number of ether oxygens (including phenoxy) is 1. The van der Waals surface area contributed by atoms with Crippen LogP contribution in [0.4, 0.5) is 4.79 Å². The second-order valence-electron chi connectivity index (χ2n) is 8.46. The van der Waals surface area contributed by atoms with Gasteiger partial charge in [-0.1, -0.05) is 0 Å². The number of urea groups is 1. The fourth-order valence-electron chi connectivity index (χ4n) is 4.47. The number of hydrogen-bond donors (Lipinski definition) is 0. The van der Waals surface area contributed by atoms with Gasteiger partial charge >= 0.3 is 6.03 Å². The zero-order valence-corrected chi connectivity index (χ0v) is 17.6. The first-order chi connectivity index (χ1) is 13.1. The van der Waals surface area contributed by atoms with E-state index in [1.165, 1.54) is 16.9 Å². The maximum Gasteiger partial charge on any atom is 0.320 e. The first-order valence-corrected chi connectivity index (χ1v) is 11.5. The summed E-state index contributed by atoms with van der Waals surface area (Å²) in [7, 11) is 0. The molecule has 4 rings (SSSR count). The summed E-state index contributed by atoms with van der Waals surface area (Å²) in [6.07, 6.45) is 7.08. The van der Waals surface area contributed by atoms with Crippen molar-refractivity contribution >= 4 is 17.4 Å². The Morgan fingerprint density at radius 3 is 2.52 bits per heavy atom. The van der Waals surface area contributed by atoms with E-state index in [0.717, 1.165) is 76.4 Å². The number of carbonyl (C=O) groups is 1. The van der Waals surface area contributed by atoms with E-state index < -0.39 is 0 Å². The van der Waals surface area contributed by atoms with Crippen LogP contribution in [0.25, 0.3) is 0 Å². The van der Waals surface area contributed by atoms with E-state index in [1.807, 2.05) is 9.80 Å². The largest absolute Gasteiger partial charge is 0.481 e. The SMILES string of the molecule is CC(C)N1CCC(Oc2cc3c(s2)CN(C(=O)N2CCCCC2)CC3)CC1. The number of fused-ring (bicyclic) bond motifs is 1. The maximum atomic E-state index is 12.8. The zero-order valence-electron chi connectivity index (χ0n) is 16.8. The monoisotopic (exact) mass is 391 g/mol. The Hall–Kier alpha value is -1.27. The summed E-state index contributed by atoms with van der Waals surface area (Å²) in [5.41, 5.74) is 1.39. The number of likely N-dealkylation sites (tertiary alicyclic amines) is 2. The van der Waals surface area contributed by atoms with Gasteiger partial charge in [0.25, 0.3) is 0 Å². The van der Waals surface area contributed by atoms with Crippen molar-refractivity contribution in [1.82, 2.24) is 14.7 Å². The van der Waals surface area contributed by atoms with Gasteiger partial charge in [-0.05, 0) is 64.0 Å². The third-order valence-electron chi connectivity index (χ3n) is 6.25. The topological polar surface area (TPSA) is 36.0 Å². The van der Waals surface area contributed by atoms with E-state index in [9.17, 15) is 4.79 Å². The summed E-state index contributed by atoms with van der Waals surface area (Å²) >= 11 is 1.76. The number of amides is 2. The lowest BCUT2D eigenvalue weighted by Crippen LogP contribution is -2.46. The van der Waals surface area contributed by atoms with Gasteiger partial charge in [-0.15, -0.1) is 11.3 Å². The van der Waals surface area contributed by atoms with Gasteiger partial charge in [0.2, 0.25) is 0 Å². The summed E-state index contributed by atoms with van der Waals surface area (Å²) in [6.45, 7) is 10.2. The minimum atomic E-state index is 0.234. The Balaban J connectivity index is 1.33. The van der Waals surface area contributed by atoms with Crippen LogP contribution in [0.1, 0.15) is 56.4 Å². The van der Waals surface area contributed by atoms with Gasteiger partial charge in [0, 0.05) is 43.6 Å². The van der Waals surface area contributed by atoms with Gasteiger partial charge < -0.3 is 19.4 Å². The number of piperidine rings is 2. The molecule has 0 saturated carbocycles. The highest BCUT2D eigenvalue weighted by Gasteiger charge is 2.28. The second kappa shape index (κ2) is 8.39. The predicted octanol–water partition coefficient (Wildman–Crippen LogP) is 3.96. The summed E-state index contributed by atoms with van der Waals surface area (Å²) < 4.78 is 6.33. The minimum absolute atomic E-state index is 0.234. The average molecular weight is 392 g/mol. The molecule has 1 aromatic rings. The normalized spacial score (nSPS) is 22.2. The van der Waals surface area contributed by atoms with Crippen molar-refractivity contribution in [3.05, 3.63) is 16.5 Å². The van der Waals surface area contributed by atoms with Crippen molar-refractivity contribution in [1.29, 1.82) is 0 Å². The summed E-state index contributed by atoms with van der Waals surface area (Å²) in [4.78, 5) is 20.7. The molecule has 1 aromatic heterocycles. The Kier molecular flexibility index (Phi) is 5.93. The molecule has 6 heteroatoms. The fourth-order valence-corrected chi connectivity index (χ4v) is 5.61. The number of thiophene rings is 1. The highest BCUT2D eigenvalue weighted by molar-refractivity contribution is 7.14. The highest BCUT2D eigenvalue weighted by atomic mass is 32.1. The van der Waals surface area contributed by atoms with Gasteiger partial charge in [-0.2, -0.15) is 0 Å². The van der Waals surface area contributed by atoms with Gasteiger partial charge in [-0.25, -0.2) is 4.79 Å². The van der Waals surface area contributed by atoms with Crippen LogP contribution < -0.4 is 4.74 Å². The van der Waals surface area contributed by atoms with Crippen molar-refractivity contribution in [3.63, 3.8) is 0 Å². The summed E-state index contributed by atoms with van der Waals surface area (Å²) in [5.74, 6) is 0. The van der Waals surface area contributed by atoms with Crippen molar-refractivity contribution < 1.29 is 9.53 Å². The molecule has 2 saturated heterocycles. The lowest BCUT2D eigenvalue weighted by atomic mass is 10.1. The molecule has 5 nitrogen and oxygen atoms in total. The molecule has 2 amide bonds. The molecule has 0 N–H and O–H groups in total. The highest BCUT2D eigenvalue weighted by Crippen LogP contribution is 2.35. The van der Waals surface area contributed by atoms with E-state index in [2.05, 4.69) is 24.8 Å². The lowest BCUT2D eigenvalue weighted by molar-refractivity contribution is 0.0868. The van der Waals surface area contributed by atoms with Crippen molar-refractivity contribution in [3.8, 4) is 5.06 Å². The molecule has 27 heavy (non-hydrogen) atoms. The lowest BCUT2D eigenvalue weighted by Gasteiger charge is -2.34. The molecule has 150 valence electrons. The third kappa shape index (κ3) is 4.43. The van der Waals surface area contributed by atoms with Crippen LogP contribution in [0.5, 0.6) is 5.06 Å². The molecule has 0 spiro atoms. The predicted molar refractivity (Wildman–Crippen MR) is 110 cm³/mol. The molecule has 0 aromatic carbocycles. The quantitative estimate of drug-likeness (QED) is 0.782. The third-order valence-corrected chi connectivity index (χ3v) is 7.30. The molecular formula is C21H33N3O2S. The molecular weight excluding hydrogens is 358 g/mol. The van der Waals surface area contributed by atoms with E-state index in [0.29, 0.717) is 12.1 Å². The molecule has 0 aliphatic carbocycles. The van der Waals surface area contributed by atoms with Gasteiger partial charge in [0.1, 0.15) is 6.10 Å². The van der Waals surface area contributed by atoms with Crippen LogP contribution in [-0.4, -0.2) is 65.6 Å². The number of hydrogen-bond acceptors (Lipinski definition) is 4. The van der Waals surface area contributed by atoms with Crippen LogP contribution in [-0.2, 0) is 13.0 Å². The van der Waals surface area contributed by atoms with Gasteiger partial charge in [-0.3, -0.25) is 0 Å². The average Bonchev–Trinajstić information content (AvgIpc) is 3.10. The van der Waals surface area contributed by atoms with E-state index in [1.54, 1.807) is 11.3 Å². The van der Waals surface area contributed by atoms with Crippen LogP contribution in [0.3, 0.4) is 0 Å². The summed E-state index contributed by atoms with van der Waals surface area (Å²) in [6, 6.07) is 3.10. The summed E-state index contributed by atoms with van der Waals surface area (Å²) in [5, 5.41) is 1.05. The van der Waals surface area contributed by atoms with Gasteiger partial charge in [0.15, 0.2) is 5.06 Å². The first-order valence-electron chi connectivity index (χ1n) is 10.7. The number of rotatable bonds is 3. The molecule has 0 unspecified atom stereocenters. The molecule has 3 aliphatic rings. The van der Waals surface area contributed by atoms with Crippen LogP contribution >= 0.6 is 11.3 Å². The van der Waals surface area contributed by atoms with Crippen molar-refractivity contribution in [2.24, 2.45) is 0 Å². The van der Waals surface area contributed by atoms with E-state index in [4.69, 9.17) is 4.74 Å². The molecule has 2 fully saturated rings. The van der Waals surface area contributed by atoms with Crippen molar-refractivity contribution in [2.45, 2.75) is 71.1 Å². The smallest absolute Gasteiger partial charge is 0.320 e. The Morgan fingerprint density at radius 2 is 1.81 bits per heavy atom. The van der Waals surface area contributed by atoms with Crippen molar-refractivity contribution in [2.75, 3.05) is 32.7 Å². The first kappa shape index (κ1) is 19.1. The molecule has 4 heterocycles. The van der Waals surface area contributed by atoms with Gasteiger partial charge in [0.05, 0.1) is 6.54 Å². The van der Waals surface area contributed by atoms with Crippen LogP contribution in [0.2, 0.25) is 0 Å². The molecule has 3 aliphatic heterocycles. The Morgan fingerprint density at radius 1 is 1.07 bits per heavy atom. The fraction of sp³-hybridized carbons (Fsp3) is 0.762. The zero-order chi connectivity index (χ0) is 18.8. The Bertz CT molecular complexity index is 646. The maximum absolute atomic E-state index is 12.8. The molecule has 0 radical (unpaired) electrons.